The molecule has 1 aliphatic heterocycles. The maximum absolute atomic E-state index is 13.6. The van der Waals surface area contributed by atoms with Crippen molar-refractivity contribution in [2.75, 3.05) is 24.8 Å². The highest BCUT2D eigenvalue weighted by atomic mass is 16.5. The van der Waals surface area contributed by atoms with Gasteiger partial charge in [0.15, 0.2) is 11.2 Å². The first-order valence-electron chi connectivity index (χ1n) is 10.5. The fourth-order valence-electron chi connectivity index (χ4n) is 3.93. The van der Waals surface area contributed by atoms with Crippen LogP contribution >= 0.6 is 0 Å². The molecule has 1 aromatic carbocycles. The van der Waals surface area contributed by atoms with Crippen molar-refractivity contribution < 1.29 is 4.74 Å². The quantitative estimate of drug-likeness (QED) is 0.565. The lowest BCUT2D eigenvalue weighted by Gasteiger charge is -2.29. The Morgan fingerprint density at radius 3 is 2.61 bits per heavy atom. The molecule has 0 spiro atoms. The topological polar surface area (TPSA) is 86.7 Å². The van der Waals surface area contributed by atoms with E-state index in [0.717, 1.165) is 16.8 Å². The summed E-state index contributed by atoms with van der Waals surface area (Å²) in [6.07, 6.45) is 0. The summed E-state index contributed by atoms with van der Waals surface area (Å²) in [5.41, 5.74) is 2.88. The normalized spacial score (nSPS) is 16.0. The van der Waals surface area contributed by atoms with Gasteiger partial charge in [0, 0.05) is 13.7 Å². The third-order valence-electron chi connectivity index (χ3n) is 5.90. The number of anilines is 1. The largest absolute Gasteiger partial charge is 0.380 e. The Morgan fingerprint density at radius 1 is 1.16 bits per heavy atom. The minimum absolute atomic E-state index is 0.152. The monoisotopic (exact) mass is 424 g/mol. The van der Waals surface area contributed by atoms with E-state index in [4.69, 9.17) is 4.74 Å². The third kappa shape index (κ3) is 3.48. The van der Waals surface area contributed by atoms with E-state index >= 15 is 0 Å². The molecule has 0 saturated carbocycles. The molecule has 1 aliphatic rings. The molecule has 4 rings (SSSR count). The van der Waals surface area contributed by atoms with E-state index in [1.807, 2.05) is 56.5 Å². The molecule has 164 valence electrons. The number of rotatable bonds is 6. The zero-order valence-corrected chi connectivity index (χ0v) is 18.6. The summed E-state index contributed by atoms with van der Waals surface area (Å²) < 4.78 is 10.1. The SMILES string of the molecule is CCOCCN1N=C(C)C(C)n2c1nc1c2c(=O)n(Cc2ccccc2C)c(=O)n1C. The van der Waals surface area contributed by atoms with Crippen molar-refractivity contribution in [2.24, 2.45) is 12.1 Å². The minimum Gasteiger partial charge on any atom is -0.380 e. The second-order valence-corrected chi connectivity index (χ2v) is 7.85. The molecule has 9 nitrogen and oxygen atoms in total. The van der Waals surface area contributed by atoms with Gasteiger partial charge in [-0.15, -0.1) is 0 Å². The number of benzene rings is 1. The van der Waals surface area contributed by atoms with Crippen molar-refractivity contribution in [1.82, 2.24) is 18.7 Å². The van der Waals surface area contributed by atoms with Gasteiger partial charge in [-0.2, -0.15) is 10.1 Å². The van der Waals surface area contributed by atoms with Gasteiger partial charge in [0.1, 0.15) is 0 Å². The van der Waals surface area contributed by atoms with Gasteiger partial charge in [-0.05, 0) is 38.8 Å². The molecule has 2 aromatic heterocycles. The van der Waals surface area contributed by atoms with Crippen molar-refractivity contribution >= 4 is 22.8 Å². The molecule has 1 atom stereocenters. The van der Waals surface area contributed by atoms with Crippen LogP contribution in [0.25, 0.3) is 11.2 Å². The molecule has 0 amide bonds. The number of hydrogen-bond acceptors (Lipinski definition) is 6. The number of imidazole rings is 1. The summed E-state index contributed by atoms with van der Waals surface area (Å²) in [7, 11) is 1.65. The maximum atomic E-state index is 13.6. The predicted octanol–water partition coefficient (Wildman–Crippen LogP) is 2.05. The number of aromatic nitrogens is 4. The van der Waals surface area contributed by atoms with Gasteiger partial charge >= 0.3 is 5.69 Å². The lowest BCUT2D eigenvalue weighted by atomic mass is 10.1. The van der Waals surface area contributed by atoms with E-state index in [0.29, 0.717) is 36.9 Å². The molecule has 31 heavy (non-hydrogen) atoms. The standard InChI is InChI=1S/C22H28N6O3/c1-6-31-12-11-27-21-23-19-18(28(21)16(4)15(3)24-27)20(29)26(22(30)25(19)5)13-17-10-8-7-9-14(17)2/h7-10,16H,6,11-13H2,1-5H3. The minimum atomic E-state index is -0.387. The Kier molecular flexibility index (Phi) is 5.53. The van der Waals surface area contributed by atoms with Gasteiger partial charge in [0.05, 0.1) is 31.4 Å². The van der Waals surface area contributed by atoms with Gasteiger partial charge < -0.3 is 4.74 Å². The zero-order valence-electron chi connectivity index (χ0n) is 18.6. The van der Waals surface area contributed by atoms with Crippen LogP contribution in [0, 0.1) is 6.92 Å². The molecular weight excluding hydrogens is 396 g/mol. The van der Waals surface area contributed by atoms with Crippen molar-refractivity contribution in [3.05, 3.63) is 56.2 Å². The van der Waals surface area contributed by atoms with E-state index in [-0.39, 0.29) is 23.8 Å². The zero-order chi connectivity index (χ0) is 22.3. The van der Waals surface area contributed by atoms with E-state index in [1.54, 1.807) is 12.1 Å². The van der Waals surface area contributed by atoms with Crippen molar-refractivity contribution in [2.45, 2.75) is 40.3 Å². The molecule has 0 aliphatic carbocycles. The maximum Gasteiger partial charge on any atom is 0.332 e. The van der Waals surface area contributed by atoms with E-state index < -0.39 is 0 Å². The lowest BCUT2D eigenvalue weighted by Crippen LogP contribution is -2.40. The number of nitrogens with zero attached hydrogens (tertiary/aromatic N) is 6. The highest BCUT2D eigenvalue weighted by molar-refractivity contribution is 5.91. The van der Waals surface area contributed by atoms with E-state index in [9.17, 15) is 9.59 Å². The van der Waals surface area contributed by atoms with Crippen molar-refractivity contribution in [1.29, 1.82) is 0 Å². The van der Waals surface area contributed by atoms with Gasteiger partial charge in [0.2, 0.25) is 5.95 Å². The van der Waals surface area contributed by atoms with Crippen LogP contribution < -0.4 is 16.3 Å². The fraction of sp³-hybridized carbons (Fsp3) is 0.455. The van der Waals surface area contributed by atoms with E-state index in [1.165, 1.54) is 9.13 Å². The van der Waals surface area contributed by atoms with Crippen LogP contribution in [-0.4, -0.2) is 44.2 Å². The lowest BCUT2D eigenvalue weighted by molar-refractivity contribution is 0.153. The smallest absolute Gasteiger partial charge is 0.332 e. The molecular formula is C22H28N6O3. The van der Waals surface area contributed by atoms with Crippen LogP contribution in [0.2, 0.25) is 0 Å². The van der Waals surface area contributed by atoms with E-state index in [2.05, 4.69) is 10.1 Å². The molecule has 0 saturated heterocycles. The number of ether oxygens (including phenoxy) is 1. The van der Waals surface area contributed by atoms with Crippen LogP contribution in [0.1, 0.15) is 37.9 Å². The molecule has 0 bridgehead atoms. The number of fused-ring (bicyclic) bond motifs is 3. The Bertz CT molecular complexity index is 1280. The predicted molar refractivity (Wildman–Crippen MR) is 121 cm³/mol. The van der Waals surface area contributed by atoms with Crippen molar-refractivity contribution in [3.63, 3.8) is 0 Å². The van der Waals surface area contributed by atoms with Crippen LogP contribution in [-0.2, 0) is 18.3 Å². The average molecular weight is 425 g/mol. The summed E-state index contributed by atoms with van der Waals surface area (Å²) in [5, 5.41) is 6.40. The van der Waals surface area contributed by atoms with Gasteiger partial charge in [-0.25, -0.2) is 9.80 Å². The van der Waals surface area contributed by atoms with Crippen LogP contribution in [0.4, 0.5) is 5.95 Å². The summed E-state index contributed by atoms with van der Waals surface area (Å²) in [5.74, 6) is 0.550. The highest BCUT2D eigenvalue weighted by Gasteiger charge is 2.30. The first-order chi connectivity index (χ1) is 14.8. The summed E-state index contributed by atoms with van der Waals surface area (Å²) in [4.78, 5) is 31.3. The fourth-order valence-corrected chi connectivity index (χ4v) is 3.93. The molecule has 9 heteroatoms. The summed E-state index contributed by atoms with van der Waals surface area (Å²) in [6.45, 7) is 9.65. The molecule has 0 N–H and O–H groups in total. The van der Waals surface area contributed by atoms with Crippen LogP contribution in [0.5, 0.6) is 0 Å². The summed E-state index contributed by atoms with van der Waals surface area (Å²) in [6, 6.07) is 7.61. The molecule has 3 heterocycles. The van der Waals surface area contributed by atoms with Crippen LogP contribution in [0.15, 0.2) is 39.0 Å². The number of aryl methyl sites for hydroxylation is 2. The Morgan fingerprint density at radius 2 is 1.90 bits per heavy atom. The van der Waals surface area contributed by atoms with Gasteiger partial charge in [-0.3, -0.25) is 18.5 Å². The van der Waals surface area contributed by atoms with Crippen molar-refractivity contribution in [3.8, 4) is 0 Å². The highest BCUT2D eigenvalue weighted by Crippen LogP contribution is 2.29. The second-order valence-electron chi connectivity index (χ2n) is 7.85. The van der Waals surface area contributed by atoms with Gasteiger partial charge in [-0.1, -0.05) is 24.3 Å². The molecule has 0 radical (unpaired) electrons. The first-order valence-corrected chi connectivity index (χ1v) is 10.5. The first kappa shape index (κ1) is 21.0. The van der Waals surface area contributed by atoms with Gasteiger partial charge in [0.25, 0.3) is 5.56 Å². The Labute approximate surface area is 180 Å². The summed E-state index contributed by atoms with van der Waals surface area (Å²) >= 11 is 0. The number of hydrogen-bond donors (Lipinski definition) is 0. The third-order valence-corrected chi connectivity index (χ3v) is 5.90. The Hall–Kier alpha value is -3.20. The Balaban J connectivity index is 1.91. The second kappa shape index (κ2) is 8.14. The average Bonchev–Trinajstić information content (AvgIpc) is 3.16. The molecule has 3 aromatic rings. The number of hydrazone groups is 1. The molecule has 1 unspecified atom stereocenters. The molecule has 0 fully saturated rings. The van der Waals surface area contributed by atoms with Crippen LogP contribution in [0.3, 0.4) is 0 Å².